The highest BCUT2D eigenvalue weighted by atomic mass is 16.7. The normalized spacial score (nSPS) is 20.0. The highest BCUT2D eigenvalue weighted by molar-refractivity contribution is 5.91. The molecule has 4 aliphatic heterocycles. The fraction of sp³-hybridized carbons (Fsp3) is 0.364. The number of fused-ring (bicyclic) bond motifs is 6. The second-order valence-electron chi connectivity index (χ2n) is 11.6. The smallest absolute Gasteiger partial charge is 0.343 e. The molecule has 2 aromatic carbocycles. The molecule has 2 aromatic heterocycles. The quantitative estimate of drug-likeness (QED) is 0.317. The summed E-state index contributed by atoms with van der Waals surface area (Å²) < 4.78 is 18.3. The number of pyridine rings is 2. The number of carbonyl (C=O) groups excluding carboxylic acids is 1. The van der Waals surface area contributed by atoms with E-state index in [1.807, 2.05) is 12.1 Å². The first kappa shape index (κ1) is 25.3. The molecule has 0 bridgehead atoms. The van der Waals surface area contributed by atoms with Crippen LogP contribution < -0.4 is 19.9 Å². The summed E-state index contributed by atoms with van der Waals surface area (Å²) in [5.41, 5.74) is 5.15. The lowest BCUT2D eigenvalue weighted by Crippen LogP contribution is -2.44. The summed E-state index contributed by atoms with van der Waals surface area (Å²) in [5.74, 6) is 0.602. The van der Waals surface area contributed by atoms with Gasteiger partial charge in [-0.3, -0.25) is 4.79 Å². The fourth-order valence-electron chi connectivity index (χ4n) is 6.96. The van der Waals surface area contributed by atoms with Crippen LogP contribution in [0.4, 0.5) is 5.69 Å². The fourth-order valence-corrected chi connectivity index (χ4v) is 6.96. The highest BCUT2D eigenvalue weighted by Crippen LogP contribution is 2.43. The lowest BCUT2D eigenvalue weighted by Gasteiger charge is -2.31. The number of ether oxygens (including phenoxy) is 3. The van der Waals surface area contributed by atoms with Crippen LogP contribution in [0.3, 0.4) is 0 Å². The second-order valence-corrected chi connectivity index (χ2v) is 11.6. The van der Waals surface area contributed by atoms with Crippen LogP contribution in [0.25, 0.3) is 22.3 Å². The van der Waals surface area contributed by atoms with E-state index in [0.29, 0.717) is 40.6 Å². The zero-order valence-electron chi connectivity index (χ0n) is 23.4. The van der Waals surface area contributed by atoms with Crippen LogP contribution in [-0.4, -0.2) is 40.5 Å². The van der Waals surface area contributed by atoms with Crippen molar-refractivity contribution in [1.29, 1.82) is 0 Å². The van der Waals surface area contributed by atoms with Gasteiger partial charge >= 0.3 is 5.97 Å². The lowest BCUT2D eigenvalue weighted by molar-refractivity contribution is -0.172. The number of aryl methyl sites for hydroxylation is 2. The van der Waals surface area contributed by atoms with Gasteiger partial charge in [0.2, 0.25) is 6.79 Å². The molecule has 6 heterocycles. The average Bonchev–Trinajstić information content (AvgIpc) is 3.78. The summed E-state index contributed by atoms with van der Waals surface area (Å²) >= 11 is 0. The zero-order chi connectivity index (χ0) is 28.6. The third-order valence-corrected chi connectivity index (χ3v) is 9.37. The van der Waals surface area contributed by atoms with Gasteiger partial charge in [0.05, 0.1) is 29.0 Å². The van der Waals surface area contributed by atoms with E-state index in [1.54, 1.807) is 17.6 Å². The monoisotopic (exact) mass is 565 g/mol. The molecule has 0 radical (unpaired) electrons. The van der Waals surface area contributed by atoms with Gasteiger partial charge in [0, 0.05) is 41.4 Å². The second kappa shape index (κ2) is 9.32. The van der Waals surface area contributed by atoms with E-state index in [-0.39, 0.29) is 25.4 Å². The molecule has 1 atom stereocenters. The van der Waals surface area contributed by atoms with Gasteiger partial charge < -0.3 is 28.8 Å². The molecule has 0 aliphatic carbocycles. The van der Waals surface area contributed by atoms with Gasteiger partial charge in [-0.05, 0) is 67.5 Å². The maximum Gasteiger partial charge on any atom is 0.343 e. The molecule has 214 valence electrons. The van der Waals surface area contributed by atoms with Gasteiger partial charge in [-0.2, -0.15) is 0 Å². The number of benzene rings is 2. The first-order valence-electron chi connectivity index (χ1n) is 14.7. The molecule has 0 saturated carbocycles. The molecule has 4 aromatic rings. The summed E-state index contributed by atoms with van der Waals surface area (Å²) in [6, 6.07) is 14.5. The molecule has 1 saturated heterocycles. The van der Waals surface area contributed by atoms with Crippen molar-refractivity contribution in [3.63, 3.8) is 0 Å². The van der Waals surface area contributed by atoms with Crippen molar-refractivity contribution in [2.24, 2.45) is 0 Å². The summed E-state index contributed by atoms with van der Waals surface area (Å²) in [5, 5.41) is 12.2. The minimum atomic E-state index is -1.86. The van der Waals surface area contributed by atoms with Gasteiger partial charge in [-0.25, -0.2) is 9.78 Å². The Morgan fingerprint density at radius 2 is 1.71 bits per heavy atom. The molecule has 1 fully saturated rings. The van der Waals surface area contributed by atoms with Crippen molar-refractivity contribution in [3.05, 3.63) is 80.6 Å². The van der Waals surface area contributed by atoms with Gasteiger partial charge in [-0.15, -0.1) is 0 Å². The van der Waals surface area contributed by atoms with Crippen molar-refractivity contribution >= 4 is 22.6 Å². The number of esters is 1. The van der Waals surface area contributed by atoms with E-state index in [2.05, 4.69) is 29.2 Å². The minimum Gasteiger partial charge on any atom is -0.458 e. The Bertz CT molecular complexity index is 1840. The number of anilines is 1. The van der Waals surface area contributed by atoms with Crippen LogP contribution in [-0.2, 0) is 41.1 Å². The van der Waals surface area contributed by atoms with E-state index in [4.69, 9.17) is 19.2 Å². The first-order chi connectivity index (χ1) is 20.4. The number of hydrogen-bond donors (Lipinski definition) is 1. The average molecular weight is 566 g/mol. The van der Waals surface area contributed by atoms with Crippen molar-refractivity contribution in [2.75, 3.05) is 24.8 Å². The van der Waals surface area contributed by atoms with Crippen LogP contribution >= 0.6 is 0 Å². The number of carbonyl (C=O) groups is 1. The van der Waals surface area contributed by atoms with Crippen LogP contribution in [0.15, 0.2) is 47.3 Å². The Morgan fingerprint density at radius 3 is 2.48 bits per heavy atom. The molecule has 0 unspecified atom stereocenters. The summed E-state index contributed by atoms with van der Waals surface area (Å²) in [7, 11) is 0. The zero-order valence-corrected chi connectivity index (χ0v) is 23.4. The molecule has 9 nitrogen and oxygen atoms in total. The van der Waals surface area contributed by atoms with Crippen molar-refractivity contribution in [2.45, 2.75) is 57.8 Å². The Labute approximate surface area is 242 Å². The Kier molecular flexibility index (Phi) is 5.63. The Hall–Kier alpha value is -4.37. The van der Waals surface area contributed by atoms with Crippen molar-refractivity contribution in [3.8, 4) is 22.9 Å². The summed E-state index contributed by atoms with van der Waals surface area (Å²) in [6.07, 6.45) is 4.16. The SMILES string of the molecule is CC[C@@]1(O)C(=O)OCc2c1cc1n(c2=O)Cc2c-1nc1cc3c(cc1c2CCc1ccc(N2CCCC2)cc1)OCO3. The number of aliphatic hydroxyl groups is 1. The molecule has 9 heteroatoms. The third-order valence-electron chi connectivity index (χ3n) is 9.37. The molecule has 42 heavy (non-hydrogen) atoms. The van der Waals surface area contributed by atoms with E-state index >= 15 is 0 Å². The topological polar surface area (TPSA) is 103 Å². The molecular weight excluding hydrogens is 534 g/mol. The predicted octanol–water partition coefficient (Wildman–Crippen LogP) is 4.19. The highest BCUT2D eigenvalue weighted by Gasteiger charge is 2.45. The molecule has 8 rings (SSSR count). The number of hydrogen-bond acceptors (Lipinski definition) is 8. The van der Waals surface area contributed by atoms with E-state index in [9.17, 15) is 14.7 Å². The first-order valence-corrected chi connectivity index (χ1v) is 14.7. The van der Waals surface area contributed by atoms with Gasteiger partial charge in [-0.1, -0.05) is 19.1 Å². The van der Waals surface area contributed by atoms with Crippen molar-refractivity contribution < 1.29 is 24.1 Å². The third kappa shape index (κ3) is 3.69. The summed E-state index contributed by atoms with van der Waals surface area (Å²) in [6.45, 7) is 4.31. The van der Waals surface area contributed by atoms with Crippen LogP contribution in [0, 0.1) is 0 Å². The molecular formula is C33H31N3O6. The van der Waals surface area contributed by atoms with Crippen LogP contribution in [0.1, 0.15) is 54.0 Å². The van der Waals surface area contributed by atoms with Gasteiger partial charge in [0.1, 0.15) is 6.61 Å². The predicted molar refractivity (Wildman–Crippen MR) is 156 cm³/mol. The maximum atomic E-state index is 13.8. The number of nitrogens with zero attached hydrogens (tertiary/aromatic N) is 3. The van der Waals surface area contributed by atoms with Gasteiger partial charge in [0.25, 0.3) is 5.56 Å². The number of cyclic esters (lactones) is 1. The standard InChI is InChI=1S/C33H31N3O6/c1-2-33(39)25-14-27-30-23(16-36(27)31(37)24(25)17-40-32(33)38)21(22-13-28-29(42-18-41-28)15-26(22)34-30)10-7-19-5-8-20(9-6-19)35-11-3-4-12-35/h5-6,8-9,13-15,39H,2-4,7,10-12,16-18H2,1H3/t33-/m0/s1. The molecule has 0 amide bonds. The Morgan fingerprint density at radius 1 is 0.952 bits per heavy atom. The lowest BCUT2D eigenvalue weighted by atomic mass is 9.86. The van der Waals surface area contributed by atoms with Crippen molar-refractivity contribution in [1.82, 2.24) is 9.55 Å². The summed E-state index contributed by atoms with van der Waals surface area (Å²) in [4.78, 5) is 33.8. The van der Waals surface area contributed by atoms with E-state index in [1.165, 1.54) is 24.1 Å². The largest absolute Gasteiger partial charge is 0.458 e. The Balaban J connectivity index is 1.24. The van der Waals surface area contributed by atoms with E-state index in [0.717, 1.165) is 48.0 Å². The van der Waals surface area contributed by atoms with E-state index < -0.39 is 11.6 Å². The van der Waals surface area contributed by atoms with Gasteiger partial charge in [0.15, 0.2) is 17.1 Å². The number of rotatable bonds is 5. The molecule has 1 N–H and O–H groups in total. The van der Waals surface area contributed by atoms with Crippen LogP contribution in [0.5, 0.6) is 11.5 Å². The number of aromatic nitrogens is 2. The maximum absolute atomic E-state index is 13.8. The van der Waals surface area contributed by atoms with Crippen LogP contribution in [0.2, 0.25) is 0 Å². The minimum absolute atomic E-state index is 0.102. The molecule has 0 spiro atoms. The molecule has 4 aliphatic rings.